The van der Waals surface area contributed by atoms with Crippen LogP contribution in [-0.4, -0.2) is 24.9 Å². The number of thioether (sulfide) groups is 1. The Bertz CT molecular complexity index is 738. The third-order valence-electron chi connectivity index (χ3n) is 3.19. The average Bonchev–Trinajstić information content (AvgIpc) is 2.75. The maximum Gasteiger partial charge on any atom is 0.219 e. The predicted molar refractivity (Wildman–Crippen MR) is 89.5 cm³/mol. The van der Waals surface area contributed by atoms with Crippen molar-refractivity contribution in [1.82, 2.24) is 0 Å². The van der Waals surface area contributed by atoms with E-state index in [0.717, 1.165) is 16.3 Å². The van der Waals surface area contributed by atoms with Crippen molar-refractivity contribution in [2.75, 3.05) is 19.0 Å². The maximum atomic E-state index is 12.3. The molecule has 0 saturated heterocycles. The lowest BCUT2D eigenvalue weighted by molar-refractivity contribution is 0.106. The van der Waals surface area contributed by atoms with Gasteiger partial charge in [0.2, 0.25) is 5.78 Å². The number of ketones is 1. The van der Waals surface area contributed by atoms with Crippen LogP contribution in [-0.2, 0) is 0 Å². The molecule has 0 aliphatic carbocycles. The number of hydrogen-bond acceptors (Lipinski definition) is 4. The number of fused-ring (bicyclic) bond motifs is 1. The number of benzene rings is 2. The fourth-order valence-electron chi connectivity index (χ4n) is 2.05. The minimum absolute atomic E-state index is 0.0386. The van der Waals surface area contributed by atoms with Gasteiger partial charge in [0.15, 0.2) is 0 Å². The quantitative estimate of drug-likeness (QED) is 0.822. The molecule has 0 unspecified atom stereocenters. The molecule has 0 spiro atoms. The van der Waals surface area contributed by atoms with Gasteiger partial charge in [0, 0.05) is 35.3 Å². The van der Waals surface area contributed by atoms with E-state index in [1.165, 1.54) is 11.8 Å². The lowest BCUT2D eigenvalue weighted by atomic mass is 10.1. The Morgan fingerprint density at radius 2 is 1.81 bits per heavy atom. The Kier molecular flexibility index (Phi) is 3.74. The molecule has 1 aliphatic heterocycles. The molecule has 3 rings (SSSR count). The van der Waals surface area contributed by atoms with Crippen molar-refractivity contribution in [3.63, 3.8) is 0 Å². The number of aliphatic imine (C=N–C) groups is 1. The van der Waals surface area contributed by atoms with Crippen molar-refractivity contribution < 1.29 is 4.79 Å². The summed E-state index contributed by atoms with van der Waals surface area (Å²) in [5.41, 5.74) is 2.54. The summed E-state index contributed by atoms with van der Waals surface area (Å²) in [7, 11) is 3.97. The van der Waals surface area contributed by atoms with Gasteiger partial charge in [0.05, 0.1) is 5.69 Å². The Labute approximate surface area is 132 Å². The summed E-state index contributed by atoms with van der Waals surface area (Å²) in [4.78, 5) is 19.6. The van der Waals surface area contributed by atoms with Crippen LogP contribution in [0.1, 0.15) is 10.4 Å². The highest BCUT2D eigenvalue weighted by molar-refractivity contribution is 8.16. The Hall–Kier alpha value is -1.78. The lowest BCUT2D eigenvalue weighted by Crippen LogP contribution is -2.07. The van der Waals surface area contributed by atoms with Crippen molar-refractivity contribution in [3.8, 4) is 0 Å². The summed E-state index contributed by atoms with van der Waals surface area (Å²) in [6, 6.07) is 13.1. The predicted octanol–water partition coefficient (Wildman–Crippen LogP) is 4.42. The summed E-state index contributed by atoms with van der Waals surface area (Å²) < 4.78 is 0. The second-order valence-corrected chi connectivity index (χ2v) is 6.37. The standard InChI is InChI=1S/C16H13ClN2OS/c1-19(2)12-6-4-11(5-7-12)18-16-15(20)13-8-3-10(17)9-14(13)21-16/h3-9H,1-2H3. The van der Waals surface area contributed by atoms with E-state index in [4.69, 9.17) is 11.6 Å². The zero-order valence-corrected chi connectivity index (χ0v) is 13.2. The molecule has 106 valence electrons. The zero-order chi connectivity index (χ0) is 15.0. The smallest absolute Gasteiger partial charge is 0.219 e. The number of nitrogens with zero attached hydrogens (tertiary/aromatic N) is 2. The van der Waals surface area contributed by atoms with E-state index >= 15 is 0 Å². The molecule has 0 fully saturated rings. The normalized spacial score (nSPS) is 15.4. The van der Waals surface area contributed by atoms with E-state index in [2.05, 4.69) is 4.99 Å². The number of anilines is 1. The monoisotopic (exact) mass is 316 g/mol. The van der Waals surface area contributed by atoms with Crippen molar-refractivity contribution in [2.24, 2.45) is 4.99 Å². The first kappa shape index (κ1) is 14.2. The third-order valence-corrected chi connectivity index (χ3v) is 4.45. The molecule has 1 heterocycles. The van der Waals surface area contributed by atoms with E-state index in [9.17, 15) is 4.79 Å². The molecule has 5 heteroatoms. The van der Waals surface area contributed by atoms with Gasteiger partial charge < -0.3 is 4.90 Å². The highest BCUT2D eigenvalue weighted by Gasteiger charge is 2.27. The van der Waals surface area contributed by atoms with Gasteiger partial charge in [-0.2, -0.15) is 0 Å². The van der Waals surface area contributed by atoms with Crippen LogP contribution in [0.5, 0.6) is 0 Å². The molecule has 0 radical (unpaired) electrons. The van der Waals surface area contributed by atoms with Crippen molar-refractivity contribution in [3.05, 3.63) is 53.1 Å². The van der Waals surface area contributed by atoms with E-state index in [1.54, 1.807) is 18.2 Å². The van der Waals surface area contributed by atoms with Gasteiger partial charge in [-0.25, -0.2) is 4.99 Å². The number of halogens is 1. The molecular formula is C16H13ClN2OS. The first-order chi connectivity index (χ1) is 10.0. The molecular weight excluding hydrogens is 304 g/mol. The minimum atomic E-state index is -0.0386. The van der Waals surface area contributed by atoms with Gasteiger partial charge in [0.25, 0.3) is 0 Å². The van der Waals surface area contributed by atoms with Crippen LogP contribution in [0.2, 0.25) is 5.02 Å². The van der Waals surface area contributed by atoms with Crippen molar-refractivity contribution in [1.29, 1.82) is 0 Å². The molecule has 0 N–H and O–H groups in total. The fourth-order valence-corrected chi connectivity index (χ4v) is 3.31. The number of rotatable bonds is 2. The van der Waals surface area contributed by atoms with Crippen molar-refractivity contribution in [2.45, 2.75) is 4.90 Å². The zero-order valence-electron chi connectivity index (χ0n) is 11.6. The van der Waals surface area contributed by atoms with E-state index in [-0.39, 0.29) is 5.78 Å². The van der Waals surface area contributed by atoms with Gasteiger partial charge >= 0.3 is 0 Å². The second kappa shape index (κ2) is 5.54. The third kappa shape index (κ3) is 2.82. The molecule has 2 aromatic rings. The molecule has 0 saturated carbocycles. The van der Waals surface area contributed by atoms with Gasteiger partial charge in [0.1, 0.15) is 5.04 Å². The van der Waals surface area contributed by atoms with Gasteiger partial charge in [-0.05, 0) is 42.5 Å². The highest BCUT2D eigenvalue weighted by Crippen LogP contribution is 2.36. The van der Waals surface area contributed by atoms with E-state index in [0.29, 0.717) is 15.6 Å². The maximum absolute atomic E-state index is 12.3. The van der Waals surface area contributed by atoms with Gasteiger partial charge in [-0.1, -0.05) is 23.4 Å². The summed E-state index contributed by atoms with van der Waals surface area (Å²) in [6.07, 6.45) is 0. The summed E-state index contributed by atoms with van der Waals surface area (Å²) >= 11 is 7.33. The largest absolute Gasteiger partial charge is 0.378 e. The van der Waals surface area contributed by atoms with Crippen LogP contribution in [0.3, 0.4) is 0 Å². The molecule has 1 aliphatic rings. The first-order valence-corrected chi connectivity index (χ1v) is 7.62. The molecule has 21 heavy (non-hydrogen) atoms. The fraction of sp³-hybridized carbons (Fsp3) is 0.125. The average molecular weight is 317 g/mol. The van der Waals surface area contributed by atoms with Crippen LogP contribution < -0.4 is 4.90 Å². The Balaban J connectivity index is 1.90. The second-order valence-electron chi connectivity index (χ2n) is 4.90. The highest BCUT2D eigenvalue weighted by atomic mass is 35.5. The SMILES string of the molecule is CN(C)c1ccc(N=C2Sc3cc(Cl)ccc3C2=O)cc1. The number of hydrogen-bond donors (Lipinski definition) is 0. The van der Waals surface area contributed by atoms with Gasteiger partial charge in [-0.15, -0.1) is 0 Å². The number of carbonyl (C=O) groups excluding carboxylic acids is 1. The van der Waals surface area contributed by atoms with Crippen molar-refractivity contribution >= 4 is 45.6 Å². The van der Waals surface area contributed by atoms with Crippen LogP contribution in [0, 0.1) is 0 Å². The molecule has 3 nitrogen and oxygen atoms in total. The molecule has 2 aromatic carbocycles. The van der Waals surface area contributed by atoms with Crippen LogP contribution in [0.25, 0.3) is 0 Å². The Morgan fingerprint density at radius 1 is 1.10 bits per heavy atom. The number of Topliss-reactive ketones (excluding diaryl/α,β-unsaturated/α-hetero) is 1. The van der Waals surface area contributed by atoms with Crippen LogP contribution >= 0.6 is 23.4 Å². The molecule has 0 aromatic heterocycles. The first-order valence-electron chi connectivity index (χ1n) is 6.43. The summed E-state index contributed by atoms with van der Waals surface area (Å²) in [5, 5.41) is 1.12. The molecule has 0 amide bonds. The molecule has 0 bridgehead atoms. The van der Waals surface area contributed by atoms with E-state index < -0.39 is 0 Å². The van der Waals surface area contributed by atoms with Crippen LogP contribution in [0.4, 0.5) is 11.4 Å². The summed E-state index contributed by atoms with van der Waals surface area (Å²) in [5.74, 6) is -0.0386. The molecule has 0 atom stereocenters. The Morgan fingerprint density at radius 3 is 2.48 bits per heavy atom. The lowest BCUT2D eigenvalue weighted by Gasteiger charge is -2.11. The van der Waals surface area contributed by atoms with Crippen LogP contribution in [0.15, 0.2) is 52.4 Å². The topological polar surface area (TPSA) is 32.7 Å². The minimum Gasteiger partial charge on any atom is -0.378 e. The van der Waals surface area contributed by atoms with Gasteiger partial charge in [-0.3, -0.25) is 4.79 Å². The van der Waals surface area contributed by atoms with E-state index in [1.807, 2.05) is 43.3 Å². The number of carbonyl (C=O) groups is 1. The summed E-state index contributed by atoms with van der Waals surface area (Å²) in [6.45, 7) is 0.